The van der Waals surface area contributed by atoms with E-state index in [9.17, 15) is 10.1 Å². The number of aryl methyl sites for hydroxylation is 2. The topological polar surface area (TPSA) is 73.8 Å². The van der Waals surface area contributed by atoms with Crippen LogP contribution < -0.4 is 0 Å². The molecule has 1 aromatic heterocycles. The van der Waals surface area contributed by atoms with Gasteiger partial charge in [0.2, 0.25) is 0 Å². The van der Waals surface area contributed by atoms with Crippen molar-refractivity contribution >= 4 is 5.82 Å². The molecule has 6 heteroatoms. The van der Waals surface area contributed by atoms with Crippen molar-refractivity contribution in [3.05, 3.63) is 15.8 Å². The average Bonchev–Trinajstić information content (AvgIpc) is 2.30. The highest BCUT2D eigenvalue weighted by molar-refractivity contribution is 5.23. The molecule has 0 saturated heterocycles. The van der Waals surface area contributed by atoms with Crippen molar-refractivity contribution in [1.29, 1.82) is 0 Å². The fraction of sp³-hybridized carbons (Fsp3) is 0.600. The van der Waals surface area contributed by atoms with Crippen LogP contribution in [0.5, 0.6) is 0 Å². The molecular formula is C5H8N4O2. The molecule has 0 fully saturated rings. The van der Waals surface area contributed by atoms with Gasteiger partial charge in [0.1, 0.15) is 6.54 Å². The molecule has 0 radical (unpaired) electrons. The van der Waals surface area contributed by atoms with Crippen LogP contribution in [0.15, 0.2) is 0 Å². The first-order valence-corrected chi connectivity index (χ1v) is 3.21. The van der Waals surface area contributed by atoms with E-state index in [0.717, 1.165) is 0 Å². The lowest BCUT2D eigenvalue weighted by Gasteiger charge is -1.93. The third-order valence-corrected chi connectivity index (χ3v) is 1.34. The fourth-order valence-electron chi connectivity index (χ4n) is 0.834. The van der Waals surface area contributed by atoms with Crippen molar-refractivity contribution in [2.45, 2.75) is 20.4 Å². The summed E-state index contributed by atoms with van der Waals surface area (Å²) >= 11 is 0. The van der Waals surface area contributed by atoms with Crippen molar-refractivity contribution in [2.24, 2.45) is 0 Å². The van der Waals surface area contributed by atoms with Crippen LogP contribution in [0.1, 0.15) is 12.6 Å². The summed E-state index contributed by atoms with van der Waals surface area (Å²) < 4.78 is 1.26. The number of hydrogen-bond donors (Lipinski definition) is 0. The minimum absolute atomic E-state index is 0.0208. The molecular weight excluding hydrogens is 148 g/mol. The summed E-state index contributed by atoms with van der Waals surface area (Å²) in [6.07, 6.45) is 0. The van der Waals surface area contributed by atoms with Gasteiger partial charge in [-0.05, 0) is 18.8 Å². The van der Waals surface area contributed by atoms with Crippen LogP contribution in [0.2, 0.25) is 0 Å². The fourth-order valence-corrected chi connectivity index (χ4v) is 0.834. The molecule has 1 aromatic rings. The predicted octanol–water partition coefficient (Wildman–Crippen LogP) is 0.515. The molecule has 0 saturated carbocycles. The highest BCUT2D eigenvalue weighted by Gasteiger charge is 2.18. The molecule has 0 aromatic carbocycles. The van der Waals surface area contributed by atoms with Gasteiger partial charge in [0.05, 0.1) is 0 Å². The van der Waals surface area contributed by atoms with Crippen LogP contribution in [-0.4, -0.2) is 19.9 Å². The molecule has 0 aliphatic carbocycles. The Morgan fingerprint density at radius 2 is 2.36 bits per heavy atom. The van der Waals surface area contributed by atoms with Gasteiger partial charge in [0, 0.05) is 5.21 Å². The molecule has 0 unspecified atom stereocenters. The van der Waals surface area contributed by atoms with Gasteiger partial charge in [0.25, 0.3) is 0 Å². The zero-order valence-corrected chi connectivity index (χ0v) is 6.31. The summed E-state index contributed by atoms with van der Waals surface area (Å²) in [6.45, 7) is 3.82. The second-order valence-electron chi connectivity index (χ2n) is 2.07. The first-order chi connectivity index (χ1) is 5.16. The molecule has 1 rings (SSSR count). The van der Waals surface area contributed by atoms with Crippen molar-refractivity contribution in [3.63, 3.8) is 0 Å². The second-order valence-corrected chi connectivity index (χ2v) is 2.07. The van der Waals surface area contributed by atoms with Crippen LogP contribution in [0.25, 0.3) is 0 Å². The predicted molar refractivity (Wildman–Crippen MR) is 37.1 cm³/mol. The van der Waals surface area contributed by atoms with E-state index in [0.29, 0.717) is 12.2 Å². The maximum Gasteiger partial charge on any atom is 0.368 e. The Balaban J connectivity index is 3.17. The number of nitro groups is 1. The molecule has 0 amide bonds. The van der Waals surface area contributed by atoms with Crippen LogP contribution in [-0.2, 0) is 6.54 Å². The largest absolute Gasteiger partial charge is 0.368 e. The molecule has 11 heavy (non-hydrogen) atoms. The zero-order valence-electron chi connectivity index (χ0n) is 6.31. The van der Waals surface area contributed by atoms with Gasteiger partial charge in [-0.25, -0.2) is 0 Å². The number of aromatic nitrogens is 3. The van der Waals surface area contributed by atoms with Gasteiger partial charge in [-0.2, -0.15) is 0 Å². The summed E-state index contributed by atoms with van der Waals surface area (Å²) in [7, 11) is 0. The van der Waals surface area contributed by atoms with Crippen LogP contribution in [0.3, 0.4) is 0 Å². The maximum atomic E-state index is 10.4. The highest BCUT2D eigenvalue weighted by Crippen LogP contribution is 2.12. The standard InChI is InChI=1S/C5H8N4O2/c1-3-8-5(9(10)11)4(2)6-7-8/h3H2,1-2H3. The van der Waals surface area contributed by atoms with Crippen molar-refractivity contribution < 1.29 is 4.92 Å². The highest BCUT2D eigenvalue weighted by atomic mass is 16.6. The van der Waals surface area contributed by atoms with E-state index in [4.69, 9.17) is 0 Å². The van der Waals surface area contributed by atoms with Crippen molar-refractivity contribution in [2.75, 3.05) is 0 Å². The van der Waals surface area contributed by atoms with Crippen LogP contribution >= 0.6 is 0 Å². The Bertz CT molecular complexity index is 280. The quantitative estimate of drug-likeness (QED) is 0.462. The van der Waals surface area contributed by atoms with Gasteiger partial charge < -0.3 is 10.1 Å². The first-order valence-electron chi connectivity index (χ1n) is 3.21. The third-order valence-electron chi connectivity index (χ3n) is 1.34. The third kappa shape index (κ3) is 1.19. The Labute approximate surface area is 63.0 Å². The molecule has 0 aliphatic rings. The minimum Gasteiger partial charge on any atom is -0.358 e. The van der Waals surface area contributed by atoms with E-state index in [1.54, 1.807) is 13.8 Å². The number of nitrogens with zero attached hydrogens (tertiary/aromatic N) is 4. The van der Waals surface area contributed by atoms with E-state index in [2.05, 4.69) is 10.3 Å². The molecule has 6 nitrogen and oxygen atoms in total. The van der Waals surface area contributed by atoms with E-state index < -0.39 is 4.92 Å². The van der Waals surface area contributed by atoms with Crippen molar-refractivity contribution in [3.8, 4) is 0 Å². The Morgan fingerprint density at radius 3 is 2.73 bits per heavy atom. The molecule has 1 heterocycles. The monoisotopic (exact) mass is 156 g/mol. The zero-order chi connectivity index (χ0) is 8.43. The lowest BCUT2D eigenvalue weighted by Crippen LogP contribution is -2.02. The average molecular weight is 156 g/mol. The SMILES string of the molecule is CCn1nnc(C)c1[N+](=O)[O-]. The van der Waals surface area contributed by atoms with Gasteiger partial charge in [0.15, 0.2) is 5.69 Å². The summed E-state index contributed by atoms with van der Waals surface area (Å²) in [5, 5.41) is 17.5. The maximum absolute atomic E-state index is 10.4. The summed E-state index contributed by atoms with van der Waals surface area (Å²) in [5.41, 5.74) is 0.358. The van der Waals surface area contributed by atoms with Gasteiger partial charge in [-0.15, -0.1) is 9.78 Å². The smallest absolute Gasteiger partial charge is 0.358 e. The minimum atomic E-state index is -0.473. The van der Waals surface area contributed by atoms with E-state index in [1.807, 2.05) is 0 Å². The summed E-state index contributed by atoms with van der Waals surface area (Å²) in [6, 6.07) is 0. The molecule has 0 atom stereocenters. The molecule has 0 N–H and O–H groups in total. The molecule has 0 spiro atoms. The van der Waals surface area contributed by atoms with E-state index >= 15 is 0 Å². The Morgan fingerprint density at radius 1 is 1.73 bits per heavy atom. The lowest BCUT2D eigenvalue weighted by molar-refractivity contribution is -0.393. The van der Waals surface area contributed by atoms with Crippen molar-refractivity contribution in [1.82, 2.24) is 15.0 Å². The van der Waals surface area contributed by atoms with Crippen LogP contribution in [0.4, 0.5) is 5.82 Å². The van der Waals surface area contributed by atoms with Gasteiger partial charge in [-0.1, -0.05) is 0 Å². The molecule has 0 bridgehead atoms. The van der Waals surface area contributed by atoms with Gasteiger partial charge >= 0.3 is 5.82 Å². The summed E-state index contributed by atoms with van der Waals surface area (Å²) in [5.74, 6) is -0.0208. The van der Waals surface area contributed by atoms with E-state index in [-0.39, 0.29) is 5.82 Å². The van der Waals surface area contributed by atoms with Crippen LogP contribution in [0, 0.1) is 17.0 Å². The normalized spacial score (nSPS) is 10.0. The Hall–Kier alpha value is -1.46. The molecule has 60 valence electrons. The first kappa shape index (κ1) is 7.64. The Kier molecular flexibility index (Phi) is 1.84. The number of hydrogen-bond acceptors (Lipinski definition) is 4. The van der Waals surface area contributed by atoms with E-state index in [1.165, 1.54) is 4.68 Å². The number of rotatable bonds is 2. The summed E-state index contributed by atoms with van der Waals surface area (Å²) in [4.78, 5) is 9.89. The second kappa shape index (κ2) is 2.65. The molecule has 0 aliphatic heterocycles. The van der Waals surface area contributed by atoms with Gasteiger partial charge in [-0.3, -0.25) is 0 Å². The lowest BCUT2D eigenvalue weighted by atomic mass is 10.5.